The summed E-state index contributed by atoms with van der Waals surface area (Å²) in [6.07, 6.45) is 4.68. The monoisotopic (exact) mass is 493 g/mol. The van der Waals surface area contributed by atoms with Crippen LogP contribution in [0.4, 0.5) is 4.39 Å². The maximum absolute atomic E-state index is 14.0. The zero-order valence-electron chi connectivity index (χ0n) is 21.0. The van der Waals surface area contributed by atoms with E-state index in [4.69, 9.17) is 10.1 Å². The Labute approximate surface area is 210 Å². The number of pyridine rings is 1. The third-order valence-electron chi connectivity index (χ3n) is 7.19. The molecular formula is C27H32FN5O3. The van der Waals surface area contributed by atoms with Crippen LogP contribution in [0.5, 0.6) is 5.75 Å². The van der Waals surface area contributed by atoms with Crippen LogP contribution in [0.1, 0.15) is 70.2 Å². The number of aromatic nitrogens is 1. The molecule has 3 heterocycles. The Morgan fingerprint density at radius 3 is 2.78 bits per heavy atom. The van der Waals surface area contributed by atoms with E-state index in [-0.39, 0.29) is 47.9 Å². The lowest BCUT2D eigenvalue weighted by Gasteiger charge is -2.42. The summed E-state index contributed by atoms with van der Waals surface area (Å²) in [6, 6.07) is 7.19. The van der Waals surface area contributed by atoms with Crippen molar-refractivity contribution >= 4 is 17.8 Å². The van der Waals surface area contributed by atoms with Crippen molar-refractivity contribution in [2.45, 2.75) is 70.2 Å². The molecule has 0 bridgehead atoms. The molecule has 2 amide bonds. The van der Waals surface area contributed by atoms with E-state index in [2.05, 4.69) is 15.6 Å². The average molecular weight is 494 g/mol. The van der Waals surface area contributed by atoms with Gasteiger partial charge in [-0.2, -0.15) is 0 Å². The third-order valence-corrected chi connectivity index (χ3v) is 7.19. The Balaban J connectivity index is 1.38. The van der Waals surface area contributed by atoms with Gasteiger partial charge in [0.1, 0.15) is 17.2 Å². The number of nitrogens with zero attached hydrogens (tertiary/aromatic N) is 2. The van der Waals surface area contributed by atoms with Gasteiger partial charge in [0, 0.05) is 42.3 Å². The van der Waals surface area contributed by atoms with Crippen LogP contribution in [0.3, 0.4) is 0 Å². The highest BCUT2D eigenvalue weighted by atomic mass is 19.1. The second kappa shape index (κ2) is 8.57. The molecule has 190 valence electrons. The Hall–Kier alpha value is -3.49. The fourth-order valence-electron chi connectivity index (χ4n) is 5.54. The fourth-order valence-corrected chi connectivity index (χ4v) is 5.54. The quantitative estimate of drug-likeness (QED) is 0.587. The maximum atomic E-state index is 14.0. The third kappa shape index (κ3) is 4.66. The van der Waals surface area contributed by atoms with Crippen LogP contribution in [0, 0.1) is 23.1 Å². The lowest BCUT2D eigenvalue weighted by atomic mass is 9.89. The first kappa shape index (κ1) is 24.2. The first-order valence-electron chi connectivity index (χ1n) is 12.3. The number of amides is 2. The summed E-state index contributed by atoms with van der Waals surface area (Å²) >= 11 is 0. The molecule has 1 aromatic carbocycles. The molecule has 5 rings (SSSR count). The Kier molecular flexibility index (Phi) is 5.76. The average Bonchev–Trinajstić information content (AvgIpc) is 3.56. The summed E-state index contributed by atoms with van der Waals surface area (Å²) in [7, 11) is 0. The molecule has 2 aromatic rings. The number of ether oxygens (including phenoxy) is 1. The zero-order chi connectivity index (χ0) is 25.8. The van der Waals surface area contributed by atoms with Crippen LogP contribution in [0.2, 0.25) is 0 Å². The molecule has 2 fully saturated rings. The first-order chi connectivity index (χ1) is 16.9. The van der Waals surface area contributed by atoms with Gasteiger partial charge in [0.15, 0.2) is 5.96 Å². The number of hydrogen-bond acceptors (Lipinski definition) is 5. The standard InChI is InChI=1S/C27H32FN5O3/c1-26(2)13-22(34)33(25(29)32-26)23(15-6-5-9-30-14-15)17-11-18(17)24(35)31-20-12-27(3,4)36-21-8-7-16(28)10-19(20)21/h5-10,14,17-18,20,23H,11-13H2,1-4H3,(H2,29,32)(H,31,35)/t17-,18-,20?,23-/m1/s1. The normalized spacial score (nSPS) is 26.8. The minimum Gasteiger partial charge on any atom is -0.487 e. The van der Waals surface area contributed by atoms with Gasteiger partial charge in [0.2, 0.25) is 11.8 Å². The second-order valence-corrected chi connectivity index (χ2v) is 11.3. The molecule has 4 atom stereocenters. The number of rotatable bonds is 5. The van der Waals surface area contributed by atoms with Crippen molar-refractivity contribution < 1.29 is 18.7 Å². The number of carbonyl (C=O) groups excluding carboxylic acids is 2. The van der Waals surface area contributed by atoms with Crippen molar-refractivity contribution in [2.75, 3.05) is 0 Å². The first-order valence-corrected chi connectivity index (χ1v) is 12.3. The minimum absolute atomic E-state index is 0.0340. The number of fused-ring (bicyclic) bond motifs is 1. The van der Waals surface area contributed by atoms with E-state index >= 15 is 0 Å². The van der Waals surface area contributed by atoms with Gasteiger partial charge in [-0.15, -0.1) is 0 Å². The minimum atomic E-state index is -0.516. The molecule has 1 unspecified atom stereocenters. The summed E-state index contributed by atoms with van der Waals surface area (Å²) in [4.78, 5) is 32.3. The summed E-state index contributed by atoms with van der Waals surface area (Å²) in [5, 5.41) is 14.8. The van der Waals surface area contributed by atoms with Gasteiger partial charge >= 0.3 is 0 Å². The highest BCUT2D eigenvalue weighted by Crippen LogP contribution is 2.51. The molecule has 0 radical (unpaired) electrons. The van der Waals surface area contributed by atoms with E-state index in [0.29, 0.717) is 24.2 Å². The molecule has 0 spiro atoms. The van der Waals surface area contributed by atoms with E-state index in [1.165, 1.54) is 17.0 Å². The maximum Gasteiger partial charge on any atom is 0.232 e. The predicted octanol–water partition coefficient (Wildman–Crippen LogP) is 3.85. The van der Waals surface area contributed by atoms with Crippen LogP contribution < -0.4 is 15.4 Å². The SMILES string of the molecule is CC1(C)CC(=O)N([C@H](c2cccnc2)[C@@H]2C[C@H]2C(=O)NC2CC(C)(C)Oc3ccc(F)cc32)C(=N)N1. The number of halogens is 1. The van der Waals surface area contributed by atoms with Gasteiger partial charge < -0.3 is 15.4 Å². The van der Waals surface area contributed by atoms with Gasteiger partial charge in [0.05, 0.1) is 12.1 Å². The predicted molar refractivity (Wildman–Crippen MR) is 132 cm³/mol. The Morgan fingerprint density at radius 1 is 1.31 bits per heavy atom. The molecular weight excluding hydrogens is 461 g/mol. The summed E-state index contributed by atoms with van der Waals surface area (Å²) in [5.41, 5.74) is 0.390. The van der Waals surface area contributed by atoms with Crippen molar-refractivity contribution in [1.29, 1.82) is 5.41 Å². The molecule has 8 nitrogen and oxygen atoms in total. The number of hydrogen-bond donors (Lipinski definition) is 3. The lowest BCUT2D eigenvalue weighted by Crippen LogP contribution is -2.60. The van der Waals surface area contributed by atoms with Crippen molar-refractivity contribution in [3.63, 3.8) is 0 Å². The molecule has 1 saturated carbocycles. The molecule has 3 N–H and O–H groups in total. The lowest BCUT2D eigenvalue weighted by molar-refractivity contribution is -0.133. The van der Waals surface area contributed by atoms with Crippen LogP contribution in [-0.4, -0.2) is 38.8 Å². The highest BCUT2D eigenvalue weighted by Gasteiger charge is 2.53. The molecule has 1 aliphatic carbocycles. The van der Waals surface area contributed by atoms with E-state index < -0.39 is 17.2 Å². The summed E-state index contributed by atoms with van der Waals surface area (Å²) in [6.45, 7) is 7.66. The van der Waals surface area contributed by atoms with E-state index in [0.717, 1.165) is 5.56 Å². The number of carbonyl (C=O) groups is 2. The van der Waals surface area contributed by atoms with Gasteiger partial charge in [-0.25, -0.2) is 4.39 Å². The summed E-state index contributed by atoms with van der Waals surface area (Å²) in [5.74, 6) is -0.577. The van der Waals surface area contributed by atoms with Crippen molar-refractivity contribution in [2.24, 2.45) is 11.8 Å². The Bertz CT molecular complexity index is 1200. The van der Waals surface area contributed by atoms with Gasteiger partial charge in [-0.05, 0) is 69.9 Å². The van der Waals surface area contributed by atoms with Crippen molar-refractivity contribution in [3.8, 4) is 5.75 Å². The van der Waals surface area contributed by atoms with Crippen LogP contribution in [0.25, 0.3) is 0 Å². The fraction of sp³-hybridized carbons (Fsp3) is 0.481. The number of nitrogens with one attached hydrogen (secondary N) is 3. The molecule has 1 aromatic heterocycles. The largest absolute Gasteiger partial charge is 0.487 e. The second-order valence-electron chi connectivity index (χ2n) is 11.3. The van der Waals surface area contributed by atoms with E-state index in [1.54, 1.807) is 24.5 Å². The van der Waals surface area contributed by atoms with Crippen molar-refractivity contribution in [3.05, 3.63) is 59.7 Å². The molecule has 36 heavy (non-hydrogen) atoms. The van der Waals surface area contributed by atoms with Crippen molar-refractivity contribution in [1.82, 2.24) is 20.5 Å². The van der Waals surface area contributed by atoms with Crippen LogP contribution in [-0.2, 0) is 9.59 Å². The smallest absolute Gasteiger partial charge is 0.232 e. The van der Waals surface area contributed by atoms with Crippen LogP contribution >= 0.6 is 0 Å². The van der Waals surface area contributed by atoms with Gasteiger partial charge in [-0.1, -0.05) is 6.07 Å². The number of guanidine groups is 1. The molecule has 9 heteroatoms. The highest BCUT2D eigenvalue weighted by molar-refractivity contribution is 5.99. The topological polar surface area (TPSA) is 107 Å². The van der Waals surface area contributed by atoms with Gasteiger partial charge in [-0.3, -0.25) is 24.9 Å². The molecule has 2 aliphatic heterocycles. The number of benzene rings is 1. The molecule has 3 aliphatic rings. The van der Waals surface area contributed by atoms with E-state index in [9.17, 15) is 14.0 Å². The zero-order valence-corrected chi connectivity index (χ0v) is 21.0. The molecule has 1 saturated heterocycles. The Morgan fingerprint density at radius 2 is 2.08 bits per heavy atom. The van der Waals surface area contributed by atoms with Gasteiger partial charge in [0.25, 0.3) is 0 Å². The van der Waals surface area contributed by atoms with E-state index in [1.807, 2.05) is 33.8 Å². The van der Waals surface area contributed by atoms with Crippen LogP contribution in [0.15, 0.2) is 42.7 Å². The summed E-state index contributed by atoms with van der Waals surface area (Å²) < 4.78 is 20.0.